The van der Waals surface area contributed by atoms with Crippen LogP contribution in [-0.2, 0) is 9.53 Å². The van der Waals surface area contributed by atoms with Crippen molar-refractivity contribution in [2.45, 2.75) is 30.8 Å². The van der Waals surface area contributed by atoms with Gasteiger partial charge in [-0.15, -0.1) is 0 Å². The molecule has 1 aliphatic heterocycles. The van der Waals surface area contributed by atoms with Crippen molar-refractivity contribution in [3.8, 4) is 0 Å². The van der Waals surface area contributed by atoms with E-state index in [1.165, 1.54) is 0 Å². The number of hydrogen-bond donors (Lipinski definition) is 3. The molecular formula is C7H12O5. The molecule has 0 aromatic carbocycles. The van der Waals surface area contributed by atoms with E-state index >= 15 is 0 Å². The molecule has 0 aromatic rings. The minimum Gasteiger partial charge on any atom is -0.396 e. The summed E-state index contributed by atoms with van der Waals surface area (Å²) >= 11 is 0. The summed E-state index contributed by atoms with van der Waals surface area (Å²) in [5, 5.41) is 26.9. The van der Waals surface area contributed by atoms with Gasteiger partial charge in [-0.1, -0.05) is 0 Å². The molecule has 12 heavy (non-hydrogen) atoms. The lowest BCUT2D eigenvalue weighted by Gasteiger charge is -2.11. The number of hydrogen-bond acceptors (Lipinski definition) is 5. The second kappa shape index (κ2) is 3.95. The van der Waals surface area contributed by atoms with Gasteiger partial charge in [-0.3, -0.25) is 0 Å². The molecule has 0 saturated carbocycles. The van der Waals surface area contributed by atoms with Crippen LogP contribution in [0, 0.1) is 0 Å². The molecule has 0 bridgehead atoms. The Bertz CT molecular complexity index is 160. The molecular weight excluding hydrogens is 164 g/mol. The van der Waals surface area contributed by atoms with Crippen LogP contribution >= 0.6 is 0 Å². The normalized spacial score (nSPS) is 41.6. The fraction of sp³-hybridized carbons (Fsp3) is 0.857. The molecule has 0 unspecified atom stereocenters. The summed E-state index contributed by atoms with van der Waals surface area (Å²) in [5.74, 6) is 0. The van der Waals surface area contributed by atoms with Gasteiger partial charge in [0, 0.05) is 6.61 Å². The molecule has 1 saturated heterocycles. The van der Waals surface area contributed by atoms with E-state index < -0.39 is 24.4 Å². The van der Waals surface area contributed by atoms with Crippen LogP contribution in [0.5, 0.6) is 0 Å². The van der Waals surface area contributed by atoms with Crippen LogP contribution in [0.3, 0.4) is 0 Å². The third kappa shape index (κ3) is 1.64. The second-order valence-electron chi connectivity index (χ2n) is 2.77. The Morgan fingerprint density at radius 1 is 1.33 bits per heavy atom. The van der Waals surface area contributed by atoms with Crippen molar-refractivity contribution in [1.82, 2.24) is 0 Å². The zero-order valence-electron chi connectivity index (χ0n) is 6.46. The van der Waals surface area contributed by atoms with Crippen LogP contribution in [0.1, 0.15) is 6.42 Å². The zero-order chi connectivity index (χ0) is 9.14. The van der Waals surface area contributed by atoms with Gasteiger partial charge < -0.3 is 24.9 Å². The Balaban J connectivity index is 2.53. The third-order valence-electron chi connectivity index (χ3n) is 1.95. The Hall–Kier alpha value is -0.490. The number of ether oxygens (including phenoxy) is 1. The third-order valence-corrected chi connectivity index (χ3v) is 1.95. The molecule has 1 fully saturated rings. The van der Waals surface area contributed by atoms with Crippen molar-refractivity contribution in [3.63, 3.8) is 0 Å². The number of aldehydes is 1. The summed E-state index contributed by atoms with van der Waals surface area (Å²) in [6, 6.07) is 0. The molecule has 5 heteroatoms. The lowest BCUT2D eigenvalue weighted by atomic mass is 10.1. The van der Waals surface area contributed by atoms with Crippen LogP contribution in [0.15, 0.2) is 0 Å². The van der Waals surface area contributed by atoms with Crippen molar-refractivity contribution in [3.05, 3.63) is 0 Å². The zero-order valence-corrected chi connectivity index (χ0v) is 6.46. The van der Waals surface area contributed by atoms with E-state index in [1.54, 1.807) is 0 Å². The SMILES string of the molecule is O=C[C@H]1O[C@H](CCO)[C@H](O)[C@H]1O. The first kappa shape index (κ1) is 9.60. The average Bonchev–Trinajstić information content (AvgIpc) is 2.33. The van der Waals surface area contributed by atoms with Gasteiger partial charge >= 0.3 is 0 Å². The Labute approximate surface area is 69.6 Å². The quantitative estimate of drug-likeness (QED) is 0.435. The van der Waals surface area contributed by atoms with Gasteiger partial charge in [0.25, 0.3) is 0 Å². The number of carbonyl (C=O) groups is 1. The lowest BCUT2D eigenvalue weighted by Crippen LogP contribution is -2.33. The number of aliphatic hydroxyl groups is 3. The topological polar surface area (TPSA) is 87.0 Å². The van der Waals surface area contributed by atoms with E-state index in [9.17, 15) is 9.90 Å². The molecule has 0 amide bonds. The fourth-order valence-electron chi connectivity index (χ4n) is 1.26. The molecule has 5 nitrogen and oxygen atoms in total. The van der Waals surface area contributed by atoms with E-state index in [1.807, 2.05) is 0 Å². The standard InChI is InChI=1S/C7H12O5/c8-2-1-4-6(10)7(11)5(3-9)12-4/h3-8,10-11H,1-2H2/t4-,5-,6+,7+/m1/s1. The van der Waals surface area contributed by atoms with Gasteiger partial charge in [0.2, 0.25) is 0 Å². The molecule has 0 aromatic heterocycles. The summed E-state index contributed by atoms with van der Waals surface area (Å²) < 4.78 is 4.95. The molecule has 1 rings (SSSR count). The van der Waals surface area contributed by atoms with Gasteiger partial charge in [0.05, 0.1) is 6.10 Å². The molecule has 0 aliphatic carbocycles. The highest BCUT2D eigenvalue weighted by Crippen LogP contribution is 2.21. The van der Waals surface area contributed by atoms with Crippen LogP contribution in [0.2, 0.25) is 0 Å². The first-order valence-corrected chi connectivity index (χ1v) is 3.78. The predicted molar refractivity (Wildman–Crippen MR) is 38.4 cm³/mol. The summed E-state index contributed by atoms with van der Waals surface area (Å²) in [4.78, 5) is 10.3. The molecule has 0 radical (unpaired) electrons. The predicted octanol–water partition coefficient (Wildman–Crippen LogP) is -1.94. The van der Waals surface area contributed by atoms with Crippen LogP contribution in [0.25, 0.3) is 0 Å². The van der Waals surface area contributed by atoms with Gasteiger partial charge in [-0.2, -0.15) is 0 Å². The van der Waals surface area contributed by atoms with Crippen molar-refractivity contribution in [1.29, 1.82) is 0 Å². The van der Waals surface area contributed by atoms with Crippen molar-refractivity contribution in [2.75, 3.05) is 6.61 Å². The maximum atomic E-state index is 10.3. The van der Waals surface area contributed by atoms with Gasteiger partial charge in [-0.05, 0) is 6.42 Å². The first-order valence-electron chi connectivity index (χ1n) is 3.78. The summed E-state index contributed by atoms with van der Waals surface area (Å²) in [6.45, 7) is -0.139. The molecule has 1 aliphatic rings. The van der Waals surface area contributed by atoms with E-state index in [2.05, 4.69) is 0 Å². The Kier molecular flexibility index (Phi) is 3.16. The Morgan fingerprint density at radius 3 is 2.42 bits per heavy atom. The second-order valence-corrected chi connectivity index (χ2v) is 2.77. The number of rotatable bonds is 3. The molecule has 0 spiro atoms. The largest absolute Gasteiger partial charge is 0.396 e. The summed E-state index contributed by atoms with van der Waals surface area (Å²) in [5.41, 5.74) is 0. The lowest BCUT2D eigenvalue weighted by molar-refractivity contribution is -0.121. The highest BCUT2D eigenvalue weighted by Gasteiger charge is 2.41. The van der Waals surface area contributed by atoms with E-state index in [0.29, 0.717) is 6.29 Å². The first-order chi connectivity index (χ1) is 5.70. The van der Waals surface area contributed by atoms with Crippen LogP contribution < -0.4 is 0 Å². The smallest absolute Gasteiger partial charge is 0.151 e. The summed E-state index contributed by atoms with van der Waals surface area (Å²) in [6.07, 6.45) is -3.17. The van der Waals surface area contributed by atoms with Gasteiger partial charge in [-0.25, -0.2) is 0 Å². The number of carbonyl (C=O) groups excluding carboxylic acids is 1. The van der Waals surface area contributed by atoms with E-state index in [4.69, 9.17) is 14.9 Å². The molecule has 4 atom stereocenters. The van der Waals surface area contributed by atoms with Crippen LogP contribution in [-0.4, -0.2) is 52.6 Å². The molecule has 1 heterocycles. The Morgan fingerprint density at radius 2 is 2.00 bits per heavy atom. The van der Waals surface area contributed by atoms with Gasteiger partial charge in [0.1, 0.15) is 18.3 Å². The molecule has 3 N–H and O–H groups in total. The minimum absolute atomic E-state index is 0.139. The van der Waals surface area contributed by atoms with Crippen molar-refractivity contribution < 1.29 is 24.9 Å². The maximum absolute atomic E-state index is 10.3. The maximum Gasteiger partial charge on any atom is 0.151 e. The van der Waals surface area contributed by atoms with Gasteiger partial charge in [0.15, 0.2) is 6.29 Å². The highest BCUT2D eigenvalue weighted by atomic mass is 16.5. The molecule has 70 valence electrons. The highest BCUT2D eigenvalue weighted by molar-refractivity contribution is 5.58. The van der Waals surface area contributed by atoms with Crippen LogP contribution in [0.4, 0.5) is 0 Å². The number of aliphatic hydroxyl groups excluding tert-OH is 3. The van der Waals surface area contributed by atoms with E-state index in [0.717, 1.165) is 0 Å². The van der Waals surface area contributed by atoms with E-state index in [-0.39, 0.29) is 13.0 Å². The summed E-state index contributed by atoms with van der Waals surface area (Å²) in [7, 11) is 0. The van der Waals surface area contributed by atoms with Crippen molar-refractivity contribution >= 4 is 6.29 Å². The minimum atomic E-state index is -1.17. The van der Waals surface area contributed by atoms with Crippen molar-refractivity contribution in [2.24, 2.45) is 0 Å². The monoisotopic (exact) mass is 176 g/mol. The fourth-order valence-corrected chi connectivity index (χ4v) is 1.26. The average molecular weight is 176 g/mol.